The standard InChI is InChI=1S/C12H15N3O2S/c1-9-2-3-10(18-9)8-13-5-7-15-6-4-11(16)14-12(15)17/h2-4,6,13H,5,7-8H2,1H3,(H,14,16,17). The summed E-state index contributed by atoms with van der Waals surface area (Å²) < 4.78 is 1.48. The Morgan fingerprint density at radius 2 is 2.17 bits per heavy atom. The van der Waals surface area contributed by atoms with Gasteiger partial charge >= 0.3 is 5.69 Å². The van der Waals surface area contributed by atoms with Gasteiger partial charge in [0, 0.05) is 41.7 Å². The highest BCUT2D eigenvalue weighted by Crippen LogP contribution is 2.14. The maximum Gasteiger partial charge on any atom is 0.328 e. The topological polar surface area (TPSA) is 66.9 Å². The van der Waals surface area contributed by atoms with Crippen LogP contribution in [0.2, 0.25) is 0 Å². The lowest BCUT2D eigenvalue weighted by molar-refractivity contribution is 0.576. The van der Waals surface area contributed by atoms with Crippen LogP contribution < -0.4 is 16.6 Å². The molecule has 0 aromatic carbocycles. The Labute approximate surface area is 108 Å². The summed E-state index contributed by atoms with van der Waals surface area (Å²) in [5.74, 6) is 0. The van der Waals surface area contributed by atoms with Gasteiger partial charge in [-0.3, -0.25) is 14.3 Å². The van der Waals surface area contributed by atoms with Gasteiger partial charge in [-0.25, -0.2) is 4.79 Å². The van der Waals surface area contributed by atoms with Gasteiger partial charge < -0.3 is 5.32 Å². The van der Waals surface area contributed by atoms with Crippen molar-refractivity contribution in [1.29, 1.82) is 0 Å². The zero-order valence-corrected chi connectivity index (χ0v) is 10.9. The molecule has 2 rings (SSSR count). The van der Waals surface area contributed by atoms with Crippen molar-refractivity contribution in [3.05, 3.63) is 55.0 Å². The minimum atomic E-state index is -0.365. The fourth-order valence-corrected chi connectivity index (χ4v) is 2.47. The summed E-state index contributed by atoms with van der Waals surface area (Å²) in [5, 5.41) is 3.26. The largest absolute Gasteiger partial charge is 0.328 e. The van der Waals surface area contributed by atoms with Crippen molar-refractivity contribution in [3.8, 4) is 0 Å². The number of rotatable bonds is 5. The molecule has 0 saturated heterocycles. The minimum Gasteiger partial charge on any atom is -0.310 e. The normalized spacial score (nSPS) is 10.7. The van der Waals surface area contributed by atoms with Gasteiger partial charge in [0.1, 0.15) is 0 Å². The summed E-state index contributed by atoms with van der Waals surface area (Å²) >= 11 is 1.76. The second kappa shape index (κ2) is 5.79. The predicted octanol–water partition coefficient (Wildman–Crippen LogP) is 0.696. The van der Waals surface area contributed by atoms with E-state index in [0.29, 0.717) is 13.1 Å². The zero-order chi connectivity index (χ0) is 13.0. The molecular formula is C12H15N3O2S. The highest BCUT2D eigenvalue weighted by Gasteiger charge is 1.98. The van der Waals surface area contributed by atoms with E-state index in [0.717, 1.165) is 6.54 Å². The molecule has 0 unspecified atom stereocenters. The molecule has 0 radical (unpaired) electrons. The molecule has 18 heavy (non-hydrogen) atoms. The molecule has 0 aliphatic carbocycles. The summed E-state index contributed by atoms with van der Waals surface area (Å²) in [4.78, 5) is 27.1. The second-order valence-electron chi connectivity index (χ2n) is 3.99. The van der Waals surface area contributed by atoms with Crippen LogP contribution in [0.3, 0.4) is 0 Å². The van der Waals surface area contributed by atoms with Crippen LogP contribution in [0.25, 0.3) is 0 Å². The van der Waals surface area contributed by atoms with Crippen molar-refractivity contribution < 1.29 is 0 Å². The minimum absolute atomic E-state index is 0.363. The monoisotopic (exact) mass is 265 g/mol. The zero-order valence-electron chi connectivity index (χ0n) is 10.1. The van der Waals surface area contributed by atoms with Crippen LogP contribution in [0.5, 0.6) is 0 Å². The van der Waals surface area contributed by atoms with E-state index >= 15 is 0 Å². The lowest BCUT2D eigenvalue weighted by Gasteiger charge is -2.05. The SMILES string of the molecule is Cc1ccc(CNCCn2ccc(=O)[nH]c2=O)s1. The molecular weight excluding hydrogens is 250 g/mol. The molecule has 0 fully saturated rings. The average molecular weight is 265 g/mol. The number of hydrogen-bond donors (Lipinski definition) is 2. The van der Waals surface area contributed by atoms with Crippen LogP contribution in [0.1, 0.15) is 9.75 Å². The van der Waals surface area contributed by atoms with E-state index in [2.05, 4.69) is 29.4 Å². The number of aromatic amines is 1. The number of nitrogens with one attached hydrogen (secondary N) is 2. The third-order valence-electron chi connectivity index (χ3n) is 2.52. The van der Waals surface area contributed by atoms with Crippen LogP contribution in [0.15, 0.2) is 34.0 Å². The van der Waals surface area contributed by atoms with Crippen molar-refractivity contribution in [2.75, 3.05) is 6.54 Å². The van der Waals surface area contributed by atoms with Gasteiger partial charge in [-0.05, 0) is 19.1 Å². The third kappa shape index (κ3) is 3.41. The fourth-order valence-electron chi connectivity index (χ4n) is 1.61. The first-order chi connectivity index (χ1) is 8.65. The fraction of sp³-hybridized carbons (Fsp3) is 0.333. The van der Waals surface area contributed by atoms with E-state index in [-0.39, 0.29) is 11.2 Å². The lowest BCUT2D eigenvalue weighted by atomic mass is 10.4. The number of nitrogens with zero attached hydrogens (tertiary/aromatic N) is 1. The Morgan fingerprint density at radius 1 is 1.33 bits per heavy atom. The molecule has 0 spiro atoms. The van der Waals surface area contributed by atoms with Crippen molar-refractivity contribution in [2.45, 2.75) is 20.0 Å². The highest BCUT2D eigenvalue weighted by molar-refractivity contribution is 7.11. The number of aromatic nitrogens is 2. The van der Waals surface area contributed by atoms with Gasteiger partial charge in [0.25, 0.3) is 5.56 Å². The number of thiophene rings is 1. The summed E-state index contributed by atoms with van der Waals surface area (Å²) in [6.45, 7) is 4.10. The third-order valence-corrected chi connectivity index (χ3v) is 3.52. The summed E-state index contributed by atoms with van der Waals surface area (Å²) in [6, 6.07) is 5.54. The summed E-state index contributed by atoms with van der Waals surface area (Å²) in [5.41, 5.74) is -0.727. The maximum atomic E-state index is 11.4. The van der Waals surface area contributed by atoms with Gasteiger partial charge in [0.15, 0.2) is 0 Å². The molecule has 96 valence electrons. The van der Waals surface area contributed by atoms with Crippen LogP contribution >= 0.6 is 11.3 Å². The molecule has 0 saturated carbocycles. The Kier molecular flexibility index (Phi) is 4.11. The molecule has 0 bridgehead atoms. The molecule has 0 aliphatic rings. The Bertz CT molecular complexity index is 626. The lowest BCUT2D eigenvalue weighted by Crippen LogP contribution is -2.31. The smallest absolute Gasteiger partial charge is 0.310 e. The van der Waals surface area contributed by atoms with E-state index < -0.39 is 0 Å². The first-order valence-corrected chi connectivity index (χ1v) is 6.52. The molecule has 2 aromatic rings. The van der Waals surface area contributed by atoms with Crippen molar-refractivity contribution in [3.63, 3.8) is 0 Å². The molecule has 2 N–H and O–H groups in total. The molecule has 2 aromatic heterocycles. The predicted molar refractivity (Wildman–Crippen MR) is 72.1 cm³/mol. The number of H-pyrrole nitrogens is 1. The molecule has 0 aliphatic heterocycles. The van der Waals surface area contributed by atoms with E-state index in [1.165, 1.54) is 26.6 Å². The molecule has 5 nitrogen and oxygen atoms in total. The molecule has 6 heteroatoms. The number of aryl methyl sites for hydroxylation is 1. The average Bonchev–Trinajstić information content (AvgIpc) is 2.73. The van der Waals surface area contributed by atoms with Crippen molar-refractivity contribution in [1.82, 2.24) is 14.9 Å². The van der Waals surface area contributed by atoms with Crippen LogP contribution in [0, 0.1) is 6.92 Å². The van der Waals surface area contributed by atoms with Crippen LogP contribution in [-0.4, -0.2) is 16.1 Å². The first kappa shape index (κ1) is 12.8. The summed E-state index contributed by atoms with van der Waals surface area (Å²) in [7, 11) is 0. The van der Waals surface area contributed by atoms with Crippen molar-refractivity contribution >= 4 is 11.3 Å². The van der Waals surface area contributed by atoms with E-state index in [1.807, 2.05) is 0 Å². The Hall–Kier alpha value is -1.66. The van der Waals surface area contributed by atoms with E-state index in [9.17, 15) is 9.59 Å². The number of hydrogen-bond acceptors (Lipinski definition) is 4. The van der Waals surface area contributed by atoms with Crippen LogP contribution in [0.4, 0.5) is 0 Å². The maximum absolute atomic E-state index is 11.4. The molecule has 0 amide bonds. The second-order valence-corrected chi connectivity index (χ2v) is 5.37. The Balaban J connectivity index is 1.82. The highest BCUT2D eigenvalue weighted by atomic mass is 32.1. The van der Waals surface area contributed by atoms with Crippen LogP contribution in [-0.2, 0) is 13.1 Å². The Morgan fingerprint density at radius 3 is 2.83 bits per heavy atom. The molecule has 0 atom stereocenters. The first-order valence-electron chi connectivity index (χ1n) is 5.71. The quantitative estimate of drug-likeness (QED) is 0.782. The van der Waals surface area contributed by atoms with Gasteiger partial charge in [-0.15, -0.1) is 11.3 Å². The summed E-state index contributed by atoms with van der Waals surface area (Å²) in [6.07, 6.45) is 1.51. The molecule has 2 heterocycles. The van der Waals surface area contributed by atoms with E-state index in [1.54, 1.807) is 11.3 Å². The van der Waals surface area contributed by atoms with Gasteiger partial charge in [0.05, 0.1) is 0 Å². The van der Waals surface area contributed by atoms with Gasteiger partial charge in [-0.1, -0.05) is 0 Å². The van der Waals surface area contributed by atoms with Gasteiger partial charge in [0.2, 0.25) is 0 Å². The van der Waals surface area contributed by atoms with Gasteiger partial charge in [-0.2, -0.15) is 0 Å². The van der Waals surface area contributed by atoms with Crippen molar-refractivity contribution in [2.24, 2.45) is 0 Å². The van der Waals surface area contributed by atoms with E-state index in [4.69, 9.17) is 0 Å².